The molecule has 0 bridgehead atoms. The quantitative estimate of drug-likeness (QED) is 0.369. The van der Waals surface area contributed by atoms with Crippen LogP contribution in [0.15, 0.2) is 50.0 Å². The third-order valence-electron chi connectivity index (χ3n) is 2.36. The first-order valence-corrected chi connectivity index (χ1v) is 7.27. The van der Waals surface area contributed by atoms with Crippen LogP contribution in [0.3, 0.4) is 0 Å². The zero-order valence-electron chi connectivity index (χ0n) is 9.85. The molecule has 0 atom stereocenters. The number of rotatable bonds is 3. The molecule has 0 aliphatic carbocycles. The molecular formula is C12H8BrClFN3OS. The topological polar surface area (TPSA) is 71.5 Å². The molecule has 8 heteroatoms. The molecule has 0 saturated heterocycles. The van der Waals surface area contributed by atoms with Crippen molar-refractivity contribution in [1.29, 1.82) is 0 Å². The molecule has 1 heterocycles. The molecule has 0 fully saturated rings. The van der Waals surface area contributed by atoms with Gasteiger partial charge in [-0.15, -0.1) is 0 Å². The first-order valence-electron chi connectivity index (χ1n) is 5.29. The van der Waals surface area contributed by atoms with Crippen molar-refractivity contribution in [2.24, 2.45) is 10.9 Å². The summed E-state index contributed by atoms with van der Waals surface area (Å²) in [6.07, 6.45) is 1.58. The Labute approximate surface area is 132 Å². The lowest BCUT2D eigenvalue weighted by atomic mass is 10.2. The van der Waals surface area contributed by atoms with Gasteiger partial charge in [-0.1, -0.05) is 28.5 Å². The van der Waals surface area contributed by atoms with Gasteiger partial charge in [0, 0.05) is 11.8 Å². The molecule has 2 rings (SSSR count). The highest BCUT2D eigenvalue weighted by Crippen LogP contribution is 2.36. The number of halogens is 3. The fraction of sp³-hybridized carbons (Fsp3) is 0. The Morgan fingerprint density at radius 2 is 2.20 bits per heavy atom. The summed E-state index contributed by atoms with van der Waals surface area (Å²) in [4.78, 5) is 4.40. The van der Waals surface area contributed by atoms with Gasteiger partial charge < -0.3 is 10.9 Å². The maximum atomic E-state index is 14.2. The van der Waals surface area contributed by atoms with E-state index in [0.717, 1.165) is 11.8 Å². The van der Waals surface area contributed by atoms with E-state index in [1.165, 1.54) is 6.07 Å². The minimum absolute atomic E-state index is 0.116. The van der Waals surface area contributed by atoms with Crippen molar-refractivity contribution >= 4 is 45.1 Å². The summed E-state index contributed by atoms with van der Waals surface area (Å²) in [5.74, 6) is -0.705. The number of aromatic nitrogens is 1. The third-order valence-corrected chi connectivity index (χ3v) is 4.61. The van der Waals surface area contributed by atoms with Crippen LogP contribution in [-0.4, -0.2) is 16.0 Å². The van der Waals surface area contributed by atoms with Gasteiger partial charge in [-0.05, 0) is 40.2 Å². The maximum absolute atomic E-state index is 14.2. The van der Waals surface area contributed by atoms with Gasteiger partial charge in [0.15, 0.2) is 11.7 Å². The Morgan fingerprint density at radius 3 is 2.85 bits per heavy atom. The normalized spacial score (nSPS) is 11.7. The Kier molecular flexibility index (Phi) is 4.85. The molecule has 0 aliphatic rings. The molecule has 0 amide bonds. The van der Waals surface area contributed by atoms with Gasteiger partial charge in [0.1, 0.15) is 5.03 Å². The fourth-order valence-corrected chi connectivity index (χ4v) is 3.15. The molecule has 0 saturated carbocycles. The van der Waals surface area contributed by atoms with Crippen molar-refractivity contribution in [3.8, 4) is 0 Å². The van der Waals surface area contributed by atoms with E-state index in [1.807, 2.05) is 0 Å². The van der Waals surface area contributed by atoms with Gasteiger partial charge in [-0.2, -0.15) is 0 Å². The van der Waals surface area contributed by atoms with Crippen molar-refractivity contribution in [1.82, 2.24) is 4.98 Å². The summed E-state index contributed by atoms with van der Waals surface area (Å²) in [6, 6.07) is 6.43. The lowest BCUT2D eigenvalue weighted by Gasteiger charge is -2.08. The Bertz CT molecular complexity index is 684. The van der Waals surface area contributed by atoms with Crippen LogP contribution in [-0.2, 0) is 0 Å². The van der Waals surface area contributed by atoms with E-state index in [2.05, 4.69) is 26.1 Å². The van der Waals surface area contributed by atoms with Gasteiger partial charge in [0.25, 0.3) is 0 Å². The van der Waals surface area contributed by atoms with Gasteiger partial charge >= 0.3 is 0 Å². The first-order chi connectivity index (χ1) is 9.54. The van der Waals surface area contributed by atoms with Crippen LogP contribution in [0.1, 0.15) is 5.56 Å². The number of hydrogen-bond acceptors (Lipinski definition) is 4. The second-order valence-corrected chi connectivity index (χ2v) is 5.85. The number of oxime groups is 1. The number of hydrogen-bond donors (Lipinski definition) is 2. The van der Waals surface area contributed by atoms with Crippen molar-refractivity contribution in [2.45, 2.75) is 9.92 Å². The van der Waals surface area contributed by atoms with Gasteiger partial charge in [-0.25, -0.2) is 9.37 Å². The average molecular weight is 377 g/mol. The number of pyridine rings is 1. The lowest BCUT2D eigenvalue weighted by Crippen LogP contribution is -2.14. The van der Waals surface area contributed by atoms with Crippen molar-refractivity contribution < 1.29 is 9.60 Å². The zero-order valence-corrected chi connectivity index (χ0v) is 13.0. The molecule has 0 radical (unpaired) electrons. The van der Waals surface area contributed by atoms with Gasteiger partial charge in [-0.3, -0.25) is 0 Å². The third kappa shape index (κ3) is 3.05. The standard InChI is InChI=1S/C12H8BrClFN3OS/c13-9-6(11(16)18-19)3-4-8(10(9)15)20-12-7(14)2-1-5-17-12/h1-5,19H,(H2,16,18). The maximum Gasteiger partial charge on any atom is 0.171 e. The van der Waals surface area contributed by atoms with E-state index in [9.17, 15) is 4.39 Å². The highest BCUT2D eigenvalue weighted by Gasteiger charge is 2.16. The van der Waals surface area contributed by atoms with E-state index in [1.54, 1.807) is 24.4 Å². The second-order valence-electron chi connectivity index (χ2n) is 3.62. The first kappa shape index (κ1) is 15.1. The van der Waals surface area contributed by atoms with Gasteiger partial charge in [0.2, 0.25) is 0 Å². The molecule has 0 aliphatic heterocycles. The molecule has 4 nitrogen and oxygen atoms in total. The lowest BCUT2D eigenvalue weighted by molar-refractivity contribution is 0.318. The predicted molar refractivity (Wildman–Crippen MR) is 80.0 cm³/mol. The van der Waals surface area contributed by atoms with Crippen LogP contribution in [0.4, 0.5) is 4.39 Å². The van der Waals surface area contributed by atoms with Crippen molar-refractivity contribution in [3.05, 3.63) is 51.3 Å². The monoisotopic (exact) mass is 375 g/mol. The van der Waals surface area contributed by atoms with Crippen molar-refractivity contribution in [2.75, 3.05) is 0 Å². The van der Waals surface area contributed by atoms with Crippen molar-refractivity contribution in [3.63, 3.8) is 0 Å². The van der Waals surface area contributed by atoms with E-state index in [0.29, 0.717) is 14.9 Å². The average Bonchev–Trinajstić information content (AvgIpc) is 2.45. The summed E-state index contributed by atoms with van der Waals surface area (Å²) < 4.78 is 14.4. The van der Waals surface area contributed by atoms with Gasteiger partial charge in [0.05, 0.1) is 14.4 Å². The Balaban J connectivity index is 2.40. The zero-order chi connectivity index (χ0) is 14.7. The SMILES string of the molecule is N/C(=N/O)c1ccc(Sc2ncccc2Cl)c(F)c1Br. The Morgan fingerprint density at radius 1 is 1.45 bits per heavy atom. The Hall–Kier alpha value is -1.31. The smallest absolute Gasteiger partial charge is 0.171 e. The van der Waals surface area contributed by atoms with Crippen LogP contribution >= 0.6 is 39.3 Å². The molecular weight excluding hydrogens is 369 g/mol. The summed E-state index contributed by atoms with van der Waals surface area (Å²) in [7, 11) is 0. The van der Waals surface area contributed by atoms with Crippen LogP contribution in [0.2, 0.25) is 5.02 Å². The summed E-state index contributed by atoms with van der Waals surface area (Å²) in [6.45, 7) is 0. The number of amidine groups is 1. The molecule has 3 N–H and O–H groups in total. The van der Waals surface area contributed by atoms with Crippen LogP contribution in [0.5, 0.6) is 0 Å². The molecule has 2 aromatic rings. The summed E-state index contributed by atoms with van der Waals surface area (Å²) in [5.41, 5.74) is 5.72. The highest BCUT2D eigenvalue weighted by molar-refractivity contribution is 9.10. The fourth-order valence-electron chi connectivity index (χ4n) is 1.41. The second kappa shape index (κ2) is 6.43. The number of benzene rings is 1. The number of nitrogens with zero attached hydrogens (tertiary/aromatic N) is 2. The summed E-state index contributed by atoms with van der Waals surface area (Å²) in [5, 5.41) is 12.4. The van der Waals surface area contributed by atoms with Crippen LogP contribution in [0, 0.1) is 5.82 Å². The largest absolute Gasteiger partial charge is 0.409 e. The highest BCUT2D eigenvalue weighted by atomic mass is 79.9. The molecule has 104 valence electrons. The van der Waals surface area contributed by atoms with Crippen LogP contribution < -0.4 is 5.73 Å². The molecule has 1 aromatic carbocycles. The van der Waals surface area contributed by atoms with E-state index in [-0.39, 0.29) is 15.9 Å². The summed E-state index contributed by atoms with van der Waals surface area (Å²) >= 11 is 10.2. The van der Waals surface area contributed by atoms with Crippen LogP contribution in [0.25, 0.3) is 0 Å². The minimum Gasteiger partial charge on any atom is -0.409 e. The number of nitrogens with two attached hydrogens (primary N) is 1. The van der Waals surface area contributed by atoms with E-state index < -0.39 is 5.82 Å². The molecule has 1 aromatic heterocycles. The van der Waals surface area contributed by atoms with E-state index in [4.69, 9.17) is 22.5 Å². The predicted octanol–water partition coefficient (Wildman–Crippen LogP) is 3.88. The molecule has 0 unspecified atom stereocenters. The molecule has 20 heavy (non-hydrogen) atoms. The minimum atomic E-state index is -0.527. The molecule has 0 spiro atoms. The van der Waals surface area contributed by atoms with E-state index >= 15 is 0 Å².